The van der Waals surface area contributed by atoms with E-state index in [9.17, 15) is 0 Å². The van der Waals surface area contributed by atoms with Crippen molar-refractivity contribution in [3.05, 3.63) is 401 Å². The van der Waals surface area contributed by atoms with E-state index < -0.39 is 0 Å². The average molecular weight is 1500 g/mol. The number of hydrogen-bond donors (Lipinski definition) is 0. The largest absolute Gasteiger partial charge is 0.264 e. The van der Waals surface area contributed by atoms with Gasteiger partial charge in [0, 0.05) is 69.3 Å². The Morgan fingerprint density at radius 3 is 1.05 bits per heavy atom. The van der Waals surface area contributed by atoms with Gasteiger partial charge in [0.2, 0.25) is 0 Å². The minimum Gasteiger partial charge on any atom is -0.264 e. The van der Waals surface area contributed by atoms with Crippen LogP contribution in [0.5, 0.6) is 0 Å². The van der Waals surface area contributed by atoms with Crippen molar-refractivity contribution in [3.63, 3.8) is 0 Å². The molecule has 0 fully saturated rings. The predicted octanol–water partition coefficient (Wildman–Crippen LogP) is 28.4. The maximum atomic E-state index is 5.74. The van der Waals surface area contributed by atoms with Crippen LogP contribution in [0.3, 0.4) is 0 Å². The summed E-state index contributed by atoms with van der Waals surface area (Å²) in [6.45, 7) is 0. The van der Waals surface area contributed by atoms with Crippen LogP contribution in [0.2, 0.25) is 0 Å². The van der Waals surface area contributed by atoms with Gasteiger partial charge < -0.3 is 0 Å². The van der Waals surface area contributed by atoms with E-state index in [1.807, 2.05) is 61.2 Å². The van der Waals surface area contributed by atoms with E-state index in [4.69, 9.17) is 29.9 Å². The number of aromatic nitrogens is 8. The molecule has 0 saturated heterocycles. The van der Waals surface area contributed by atoms with E-state index in [2.05, 4.69) is 350 Å². The van der Waals surface area contributed by atoms with Crippen LogP contribution in [0.15, 0.2) is 401 Å². The van der Waals surface area contributed by atoms with Crippen molar-refractivity contribution in [1.29, 1.82) is 0 Å². The van der Waals surface area contributed by atoms with E-state index in [0.717, 1.165) is 159 Å². The maximum absolute atomic E-state index is 5.74. The third-order valence-electron chi connectivity index (χ3n) is 23.6. The fourth-order valence-electron chi connectivity index (χ4n) is 18.2. The summed E-state index contributed by atoms with van der Waals surface area (Å²) in [6.07, 6.45) is 7.53. The lowest BCUT2D eigenvalue weighted by Crippen LogP contribution is -2.02. The number of rotatable bonds is 12. The predicted molar refractivity (Wildman–Crippen MR) is 489 cm³/mol. The van der Waals surface area contributed by atoms with Crippen molar-refractivity contribution in [2.75, 3.05) is 0 Å². The van der Waals surface area contributed by atoms with Crippen molar-refractivity contribution in [3.8, 4) is 135 Å². The first kappa shape index (κ1) is 67.8. The number of nitrogens with zero attached hydrogens (tertiary/aromatic N) is 8. The molecule has 0 spiro atoms. The zero-order chi connectivity index (χ0) is 77.7. The molecule has 0 aliphatic carbocycles. The number of pyridine rings is 2. The molecule has 0 amide bonds. The highest BCUT2D eigenvalue weighted by molar-refractivity contribution is 6.35. The molecular formula is C110H66N8. The highest BCUT2D eigenvalue weighted by Gasteiger charge is 2.25. The van der Waals surface area contributed by atoms with E-state index in [0.29, 0.717) is 34.9 Å². The van der Waals surface area contributed by atoms with Gasteiger partial charge in [0.05, 0.1) is 0 Å². The summed E-state index contributed by atoms with van der Waals surface area (Å²) >= 11 is 0. The van der Waals surface area contributed by atoms with Crippen molar-refractivity contribution >= 4 is 108 Å². The molecule has 23 rings (SSSR count). The normalized spacial score (nSPS) is 11.7. The fraction of sp³-hybridized carbons (Fsp3) is 0. The van der Waals surface area contributed by atoms with Gasteiger partial charge >= 0.3 is 0 Å². The Morgan fingerprint density at radius 2 is 0.492 bits per heavy atom. The summed E-state index contributed by atoms with van der Waals surface area (Å²) in [6, 6.07) is 135. The second-order valence-electron chi connectivity index (χ2n) is 30.4. The van der Waals surface area contributed by atoms with Crippen LogP contribution in [-0.4, -0.2) is 39.9 Å². The molecule has 0 N–H and O–H groups in total. The fourth-order valence-corrected chi connectivity index (χ4v) is 18.2. The van der Waals surface area contributed by atoms with Gasteiger partial charge in [0.25, 0.3) is 0 Å². The Bertz CT molecular complexity index is 8050. The van der Waals surface area contributed by atoms with Crippen molar-refractivity contribution in [2.24, 2.45) is 0 Å². The van der Waals surface area contributed by atoms with Gasteiger partial charge in [0.1, 0.15) is 0 Å². The third-order valence-corrected chi connectivity index (χ3v) is 23.6. The highest BCUT2D eigenvalue weighted by atomic mass is 15.0. The molecular weight excluding hydrogens is 1430 g/mol. The average Bonchev–Trinajstić information content (AvgIpc) is 0.710. The van der Waals surface area contributed by atoms with Gasteiger partial charge in [-0.25, -0.2) is 29.9 Å². The SMILES string of the molecule is c1ccc(-c2nc(-c3cc(-c4cccnc4)cc(-c4cc5c6ccc(-c7cc(-c8nc(-c9cc(-c%10cccnc%10)cc(-c%10cc%11c%12ccccc%12c%12ccccc%12c%11c%11ccccc%10%11)c9)nc(-c9cccc%10ccccc9%10)n8)c8ccccc8c7)cc6c6ccccc6c5c5ccccc45)c3)nc(-c3ccccc3-c3ccccc3)n2)cc1. The van der Waals surface area contributed by atoms with E-state index >= 15 is 0 Å². The lowest BCUT2D eigenvalue weighted by Gasteiger charge is -2.18. The summed E-state index contributed by atoms with van der Waals surface area (Å²) in [5.41, 5.74) is 17.6. The third kappa shape index (κ3) is 11.6. The molecule has 0 aliphatic heterocycles. The molecule has 8 nitrogen and oxygen atoms in total. The smallest absolute Gasteiger partial charge is 0.164 e. The minimum absolute atomic E-state index is 0.546. The summed E-state index contributed by atoms with van der Waals surface area (Å²) in [4.78, 5) is 42.5. The molecule has 546 valence electrons. The molecule has 0 aliphatic rings. The van der Waals surface area contributed by atoms with Gasteiger partial charge in [-0.1, -0.05) is 297 Å². The Hall–Kier alpha value is -15.9. The van der Waals surface area contributed by atoms with Gasteiger partial charge in [0.15, 0.2) is 34.9 Å². The second kappa shape index (κ2) is 28.0. The van der Waals surface area contributed by atoms with Gasteiger partial charge in [-0.2, -0.15) is 0 Å². The summed E-state index contributed by atoms with van der Waals surface area (Å²) in [5, 5.41) is 23.1. The minimum atomic E-state index is 0.546. The monoisotopic (exact) mass is 1500 g/mol. The van der Waals surface area contributed by atoms with E-state index in [1.54, 1.807) is 0 Å². The molecule has 0 atom stereocenters. The first-order chi connectivity index (χ1) is 58.5. The zero-order valence-electron chi connectivity index (χ0n) is 63.7. The van der Waals surface area contributed by atoms with Crippen LogP contribution in [0, 0.1) is 0 Å². The van der Waals surface area contributed by atoms with Crippen LogP contribution >= 0.6 is 0 Å². The van der Waals surface area contributed by atoms with Crippen LogP contribution in [0.4, 0.5) is 0 Å². The van der Waals surface area contributed by atoms with E-state index in [1.165, 1.54) is 48.5 Å². The van der Waals surface area contributed by atoms with Crippen LogP contribution < -0.4 is 0 Å². The molecule has 4 heterocycles. The lowest BCUT2D eigenvalue weighted by molar-refractivity contribution is 1.07. The van der Waals surface area contributed by atoms with Crippen molar-refractivity contribution in [1.82, 2.24) is 39.9 Å². The van der Waals surface area contributed by atoms with Crippen molar-refractivity contribution in [2.45, 2.75) is 0 Å². The Labute approximate surface area is 679 Å². The van der Waals surface area contributed by atoms with Crippen LogP contribution in [0.1, 0.15) is 0 Å². The molecule has 0 radical (unpaired) electrons. The first-order valence-corrected chi connectivity index (χ1v) is 39.9. The number of hydrogen-bond acceptors (Lipinski definition) is 8. The first-order valence-electron chi connectivity index (χ1n) is 39.9. The van der Waals surface area contributed by atoms with Gasteiger partial charge in [-0.3, -0.25) is 9.97 Å². The lowest BCUT2D eigenvalue weighted by atomic mass is 9.85. The molecule has 0 saturated carbocycles. The summed E-state index contributed by atoms with van der Waals surface area (Å²) in [5.74, 6) is 3.40. The molecule has 8 heteroatoms. The maximum Gasteiger partial charge on any atom is 0.164 e. The van der Waals surface area contributed by atoms with Gasteiger partial charge in [-0.05, 0) is 242 Å². The molecule has 0 unspecified atom stereocenters. The molecule has 23 aromatic rings. The van der Waals surface area contributed by atoms with Crippen LogP contribution in [0.25, 0.3) is 243 Å². The highest BCUT2D eigenvalue weighted by Crippen LogP contribution is 2.49. The number of benzene rings is 19. The summed E-state index contributed by atoms with van der Waals surface area (Å²) in [7, 11) is 0. The molecule has 4 aromatic heterocycles. The second-order valence-corrected chi connectivity index (χ2v) is 30.4. The summed E-state index contributed by atoms with van der Waals surface area (Å²) < 4.78 is 0. The van der Waals surface area contributed by atoms with Crippen LogP contribution in [-0.2, 0) is 0 Å². The molecule has 118 heavy (non-hydrogen) atoms. The van der Waals surface area contributed by atoms with E-state index in [-0.39, 0.29) is 0 Å². The Balaban J connectivity index is 0.717. The Kier molecular flexibility index (Phi) is 16.1. The van der Waals surface area contributed by atoms with Crippen molar-refractivity contribution < 1.29 is 0 Å². The zero-order valence-corrected chi connectivity index (χ0v) is 63.7. The Morgan fingerprint density at radius 1 is 0.136 bits per heavy atom. The number of fused-ring (bicyclic) bond motifs is 18. The molecule has 0 bridgehead atoms. The quantitative estimate of drug-likeness (QED) is 0.111. The molecule has 19 aromatic carbocycles. The van der Waals surface area contributed by atoms with Gasteiger partial charge in [-0.15, -0.1) is 0 Å². The standard InChI is InChI=1S/C110H66N8/c1-3-26-67(27-4-1)81-36-11-22-48-95(81)108-114-105(69-29-5-2-6-30-69)113-106(115-108)79-57-74(72-33-24-52-111-65-72)55-77(59-79)98-64-101-90-51-50-70(61-99(90)89-43-17-21-47-94(89)104(101)93-46-20-16-42-88(93)98)76-54-71-31-8-10-37-83(71)102(62-76)110-117-107(116-109(118-110)96-49-23-32-68-28-7-9-35-82(68)96)80-58-75(73-34-25-53-112-66-73)56-78(60-80)97-63-100-86-40-13-12-38-84(86)85-39-14-18-44-91(85)103(100)92-45-19-15-41-87(92)97/h1-66H. The topological polar surface area (TPSA) is 103 Å².